The lowest BCUT2D eigenvalue weighted by atomic mass is 9.84. The maximum Gasteiger partial charge on any atom is 0.243 e. The van der Waals surface area contributed by atoms with Gasteiger partial charge in [-0.1, -0.05) is 13.3 Å². The summed E-state index contributed by atoms with van der Waals surface area (Å²) in [6.07, 6.45) is 2.90. The summed E-state index contributed by atoms with van der Waals surface area (Å²) in [5.74, 6) is -0.733. The van der Waals surface area contributed by atoms with E-state index in [2.05, 4.69) is 12.2 Å². The molecule has 1 aromatic carbocycles. The molecule has 1 aliphatic rings. The van der Waals surface area contributed by atoms with E-state index in [-0.39, 0.29) is 11.9 Å². The summed E-state index contributed by atoms with van der Waals surface area (Å²) in [7, 11) is 0. The number of primary amides is 1. The molecule has 1 saturated heterocycles. The summed E-state index contributed by atoms with van der Waals surface area (Å²) in [5, 5.41) is 3.17. The molecule has 5 heteroatoms. The normalized spacial score (nSPS) is 25.6. The first kappa shape index (κ1) is 15.8. The van der Waals surface area contributed by atoms with E-state index in [1.807, 2.05) is 13.0 Å². The van der Waals surface area contributed by atoms with Crippen molar-refractivity contribution >= 4 is 11.6 Å². The zero-order valence-electron chi connectivity index (χ0n) is 12.6. The number of nitrogens with two attached hydrogens (primary N) is 1. The van der Waals surface area contributed by atoms with Crippen LogP contribution in [-0.4, -0.2) is 24.2 Å². The number of nitrogens with one attached hydrogen (secondary N) is 1. The number of aryl methyl sites for hydroxylation is 1. The highest BCUT2D eigenvalue weighted by Crippen LogP contribution is 2.31. The third kappa shape index (κ3) is 3.73. The molecule has 21 heavy (non-hydrogen) atoms. The number of amides is 1. The Kier molecular flexibility index (Phi) is 4.83. The fourth-order valence-electron chi connectivity index (χ4n) is 2.94. The number of benzene rings is 1. The summed E-state index contributed by atoms with van der Waals surface area (Å²) < 4.78 is 19.2. The predicted molar refractivity (Wildman–Crippen MR) is 80.6 cm³/mol. The Morgan fingerprint density at radius 1 is 1.52 bits per heavy atom. The van der Waals surface area contributed by atoms with Crippen LogP contribution < -0.4 is 11.1 Å². The van der Waals surface area contributed by atoms with Gasteiger partial charge in [0, 0.05) is 25.1 Å². The van der Waals surface area contributed by atoms with Crippen molar-refractivity contribution in [1.29, 1.82) is 0 Å². The number of ether oxygens (including phenoxy) is 1. The molecule has 0 bridgehead atoms. The van der Waals surface area contributed by atoms with Crippen molar-refractivity contribution in [2.45, 2.75) is 51.2 Å². The SMILES string of the molecule is CCCC1CC(Nc2cc(C)cc(F)c2)(C(N)=O)CCO1. The lowest BCUT2D eigenvalue weighted by Crippen LogP contribution is -2.56. The highest BCUT2D eigenvalue weighted by Gasteiger charge is 2.42. The van der Waals surface area contributed by atoms with Crippen LogP contribution in [0, 0.1) is 12.7 Å². The predicted octanol–water partition coefficient (Wildman–Crippen LogP) is 2.75. The van der Waals surface area contributed by atoms with E-state index in [9.17, 15) is 9.18 Å². The zero-order valence-corrected chi connectivity index (χ0v) is 12.6. The lowest BCUT2D eigenvalue weighted by Gasteiger charge is -2.40. The first-order valence-electron chi connectivity index (χ1n) is 7.42. The minimum absolute atomic E-state index is 0.0124. The minimum Gasteiger partial charge on any atom is -0.378 e. The van der Waals surface area contributed by atoms with Gasteiger partial charge in [0.2, 0.25) is 5.91 Å². The quantitative estimate of drug-likeness (QED) is 0.877. The molecule has 0 spiro atoms. The second-order valence-corrected chi connectivity index (χ2v) is 5.82. The van der Waals surface area contributed by atoms with Crippen LogP contribution in [0.4, 0.5) is 10.1 Å². The molecule has 0 radical (unpaired) electrons. The van der Waals surface area contributed by atoms with E-state index in [0.717, 1.165) is 18.4 Å². The van der Waals surface area contributed by atoms with Gasteiger partial charge in [0.05, 0.1) is 6.10 Å². The van der Waals surface area contributed by atoms with Crippen molar-refractivity contribution in [3.8, 4) is 0 Å². The fraction of sp³-hybridized carbons (Fsp3) is 0.562. The van der Waals surface area contributed by atoms with Crippen LogP contribution in [0.2, 0.25) is 0 Å². The van der Waals surface area contributed by atoms with Crippen molar-refractivity contribution in [2.75, 3.05) is 11.9 Å². The Balaban J connectivity index is 2.23. The van der Waals surface area contributed by atoms with Crippen LogP contribution in [0.15, 0.2) is 18.2 Å². The number of rotatable bonds is 5. The Morgan fingerprint density at radius 3 is 2.90 bits per heavy atom. The molecule has 1 heterocycles. The van der Waals surface area contributed by atoms with Crippen LogP contribution in [0.5, 0.6) is 0 Å². The van der Waals surface area contributed by atoms with E-state index >= 15 is 0 Å². The molecule has 1 aliphatic heterocycles. The number of hydrogen-bond donors (Lipinski definition) is 2. The molecule has 2 unspecified atom stereocenters. The van der Waals surface area contributed by atoms with E-state index in [1.54, 1.807) is 0 Å². The molecule has 1 amide bonds. The number of hydrogen-bond acceptors (Lipinski definition) is 3. The van der Waals surface area contributed by atoms with Crippen molar-refractivity contribution in [3.63, 3.8) is 0 Å². The second kappa shape index (κ2) is 6.43. The molecule has 0 aliphatic carbocycles. The van der Waals surface area contributed by atoms with Gasteiger partial charge in [0.15, 0.2) is 0 Å². The van der Waals surface area contributed by atoms with Gasteiger partial charge < -0.3 is 15.8 Å². The summed E-state index contributed by atoms with van der Waals surface area (Å²) >= 11 is 0. The maximum absolute atomic E-state index is 13.5. The molecular weight excluding hydrogens is 271 g/mol. The van der Waals surface area contributed by atoms with Gasteiger partial charge in [-0.15, -0.1) is 0 Å². The molecule has 0 saturated carbocycles. The minimum atomic E-state index is -0.863. The van der Waals surface area contributed by atoms with Gasteiger partial charge in [0.1, 0.15) is 11.4 Å². The van der Waals surface area contributed by atoms with Crippen molar-refractivity contribution in [3.05, 3.63) is 29.6 Å². The van der Waals surface area contributed by atoms with Crippen LogP contribution in [0.1, 0.15) is 38.2 Å². The van der Waals surface area contributed by atoms with Gasteiger partial charge in [-0.2, -0.15) is 0 Å². The van der Waals surface area contributed by atoms with Crippen LogP contribution >= 0.6 is 0 Å². The van der Waals surface area contributed by atoms with E-state index in [4.69, 9.17) is 10.5 Å². The third-order valence-electron chi connectivity index (χ3n) is 3.97. The first-order chi connectivity index (χ1) is 9.95. The lowest BCUT2D eigenvalue weighted by molar-refractivity contribution is -0.127. The molecule has 0 aromatic heterocycles. The fourth-order valence-corrected chi connectivity index (χ4v) is 2.94. The average Bonchev–Trinajstić information content (AvgIpc) is 2.38. The van der Waals surface area contributed by atoms with E-state index < -0.39 is 11.4 Å². The summed E-state index contributed by atoms with van der Waals surface area (Å²) in [6, 6.07) is 4.66. The molecule has 1 fully saturated rings. The molecule has 1 aromatic rings. The smallest absolute Gasteiger partial charge is 0.243 e. The Labute approximate surface area is 124 Å². The number of anilines is 1. The second-order valence-electron chi connectivity index (χ2n) is 5.82. The van der Waals surface area contributed by atoms with Crippen molar-refractivity contribution in [2.24, 2.45) is 5.73 Å². The van der Waals surface area contributed by atoms with Crippen molar-refractivity contribution in [1.82, 2.24) is 0 Å². The van der Waals surface area contributed by atoms with Crippen LogP contribution in [0.25, 0.3) is 0 Å². The molecule has 3 N–H and O–H groups in total. The Morgan fingerprint density at radius 2 is 2.29 bits per heavy atom. The summed E-state index contributed by atoms with van der Waals surface area (Å²) in [4.78, 5) is 12.0. The third-order valence-corrected chi connectivity index (χ3v) is 3.97. The monoisotopic (exact) mass is 294 g/mol. The summed E-state index contributed by atoms with van der Waals surface area (Å²) in [6.45, 7) is 4.37. The average molecular weight is 294 g/mol. The molecule has 116 valence electrons. The zero-order chi connectivity index (χ0) is 15.5. The maximum atomic E-state index is 13.5. The topological polar surface area (TPSA) is 64.3 Å². The van der Waals surface area contributed by atoms with Crippen LogP contribution in [0.3, 0.4) is 0 Å². The van der Waals surface area contributed by atoms with E-state index in [0.29, 0.717) is 25.1 Å². The highest BCUT2D eigenvalue weighted by molar-refractivity contribution is 5.88. The van der Waals surface area contributed by atoms with Gasteiger partial charge in [-0.05, 0) is 37.1 Å². The van der Waals surface area contributed by atoms with Crippen molar-refractivity contribution < 1.29 is 13.9 Å². The molecule has 2 rings (SSSR count). The van der Waals surface area contributed by atoms with Gasteiger partial charge in [-0.3, -0.25) is 4.79 Å². The largest absolute Gasteiger partial charge is 0.378 e. The molecule has 4 nitrogen and oxygen atoms in total. The standard InChI is InChI=1S/C16H23FN2O2/c1-3-4-14-10-16(15(18)20,5-6-21-14)19-13-8-11(2)7-12(17)9-13/h7-9,14,19H,3-6,10H2,1-2H3,(H2,18,20). The van der Waals surface area contributed by atoms with Gasteiger partial charge in [0.25, 0.3) is 0 Å². The van der Waals surface area contributed by atoms with E-state index in [1.165, 1.54) is 12.1 Å². The number of halogens is 1. The number of carbonyl (C=O) groups excluding carboxylic acids is 1. The molecular formula is C16H23FN2O2. The van der Waals surface area contributed by atoms with Gasteiger partial charge in [-0.25, -0.2) is 4.39 Å². The Bertz CT molecular complexity index is 499. The molecule has 2 atom stereocenters. The van der Waals surface area contributed by atoms with Crippen LogP contribution in [-0.2, 0) is 9.53 Å². The summed E-state index contributed by atoms with van der Waals surface area (Å²) in [5.41, 5.74) is 6.16. The van der Waals surface area contributed by atoms with Gasteiger partial charge >= 0.3 is 0 Å². The number of carbonyl (C=O) groups is 1. The first-order valence-corrected chi connectivity index (χ1v) is 7.42. The Hall–Kier alpha value is -1.62. The highest BCUT2D eigenvalue weighted by atomic mass is 19.1.